The van der Waals surface area contributed by atoms with Crippen LogP contribution in [0.25, 0.3) is 0 Å². The van der Waals surface area contributed by atoms with Gasteiger partial charge in [-0.15, -0.1) is 11.3 Å². The molecule has 0 aromatic carbocycles. The molecule has 0 aliphatic carbocycles. The minimum absolute atomic E-state index is 0.128. The Morgan fingerprint density at radius 1 is 0.677 bits per heavy atom. The molecule has 180 valence electrons. The molecule has 1 heterocycles. The van der Waals surface area contributed by atoms with Crippen molar-refractivity contribution in [2.75, 3.05) is 0 Å². The first kappa shape index (κ1) is 27.3. The van der Waals surface area contributed by atoms with Gasteiger partial charge in [0.05, 0.1) is 4.88 Å². The molecule has 19 heteroatoms. The lowest BCUT2D eigenvalue weighted by Gasteiger charge is -2.36. The summed E-state index contributed by atoms with van der Waals surface area (Å²) in [5.74, 6) is -18.5. The van der Waals surface area contributed by atoms with Crippen LogP contribution < -0.4 is 0 Å². The highest BCUT2D eigenvalue weighted by Gasteiger charge is 2.85. The normalized spacial score (nSPS) is 15.3. The first-order chi connectivity index (χ1) is 13.4. The minimum atomic E-state index is -7.94. The van der Waals surface area contributed by atoms with E-state index >= 15 is 0 Å². The summed E-state index contributed by atoms with van der Waals surface area (Å²) < 4.78 is 196. The lowest BCUT2D eigenvalue weighted by molar-refractivity contribution is -0.538. The highest BCUT2D eigenvalue weighted by molar-refractivity contribution is 7.12. The zero-order chi connectivity index (χ0) is 24.9. The molecule has 1 aromatic heterocycles. The molecule has 1 aromatic rings. The van der Waals surface area contributed by atoms with Crippen LogP contribution in [0.2, 0.25) is 0 Å². The number of thiophene rings is 1. The van der Waals surface area contributed by atoms with E-state index < -0.39 is 53.1 Å². The third-order valence-corrected chi connectivity index (χ3v) is 3.85. The third kappa shape index (κ3) is 4.86. The van der Waals surface area contributed by atoms with Gasteiger partial charge in [0, 0.05) is 0 Å². The molecule has 0 spiro atoms. The quantitative estimate of drug-likeness (QED) is 0.294. The van der Waals surface area contributed by atoms with E-state index in [1.807, 2.05) is 0 Å². The molecule has 0 saturated carbocycles. The summed E-state index contributed by atoms with van der Waals surface area (Å²) in [4.78, 5) is 10.1. The molecule has 0 aliphatic heterocycles. The topological polar surface area (TPSA) is 35.5 Å². The lowest BCUT2D eigenvalue weighted by atomic mass is 10.1. The predicted octanol–water partition coefficient (Wildman–Crippen LogP) is 6.17. The van der Waals surface area contributed by atoms with Gasteiger partial charge >= 0.3 is 42.5 Å². The van der Waals surface area contributed by atoms with E-state index in [4.69, 9.17) is 0 Å². The molecule has 0 radical (unpaired) electrons. The van der Waals surface area contributed by atoms with Crippen LogP contribution >= 0.6 is 11.3 Å². The largest absolute Gasteiger partial charge is 0.460 e. The molecule has 0 fully saturated rings. The van der Waals surface area contributed by atoms with Gasteiger partial charge in [-0.2, -0.15) is 65.9 Å². The molecule has 0 bridgehead atoms. The van der Waals surface area contributed by atoms with E-state index in [0.717, 1.165) is 11.4 Å². The number of carbonyl (C=O) groups is 1. The number of rotatable bonds is 9. The van der Waals surface area contributed by atoms with Crippen molar-refractivity contribution in [3.05, 3.63) is 22.4 Å². The zero-order valence-corrected chi connectivity index (χ0v) is 14.4. The minimum Gasteiger partial charge on any atom is -0.283 e. The van der Waals surface area contributed by atoms with Crippen LogP contribution in [0, 0.1) is 0 Å². The number of ketones is 1. The summed E-state index contributed by atoms with van der Waals surface area (Å²) in [5, 5.41) is 0.905. The Morgan fingerprint density at radius 2 is 1.13 bits per heavy atom. The monoisotopic (exact) mass is 512 g/mol. The number of halogens is 15. The fraction of sp³-hybridized carbons (Fsp3) is 0.583. The molecule has 0 unspecified atom stereocenters. The average molecular weight is 512 g/mol. The van der Waals surface area contributed by atoms with Gasteiger partial charge in [0.1, 0.15) is 0 Å². The Bertz CT molecular complexity index is 784. The van der Waals surface area contributed by atoms with Crippen molar-refractivity contribution in [2.45, 2.75) is 42.5 Å². The van der Waals surface area contributed by atoms with Gasteiger partial charge < -0.3 is 0 Å². The molecule has 0 aliphatic rings. The second-order valence-corrected chi connectivity index (χ2v) is 6.17. The number of carbonyl (C=O) groups excluding carboxylic acids is 1. The molecule has 0 saturated heterocycles. The second kappa shape index (κ2) is 7.68. The van der Waals surface area contributed by atoms with Crippen molar-refractivity contribution < 1.29 is 80.1 Å². The zero-order valence-electron chi connectivity index (χ0n) is 13.5. The van der Waals surface area contributed by atoms with Gasteiger partial charge in [-0.3, -0.25) is 4.79 Å². The van der Waals surface area contributed by atoms with E-state index in [-0.39, 0.29) is 11.3 Å². The Hall–Kier alpha value is -1.76. The Kier molecular flexibility index (Phi) is 6.76. The van der Waals surface area contributed by atoms with Crippen LogP contribution in [0.5, 0.6) is 0 Å². The number of alkyl halides is 15. The second-order valence-electron chi connectivity index (χ2n) is 5.22. The lowest BCUT2D eigenvalue weighted by Crippen LogP contribution is -2.64. The summed E-state index contributed by atoms with van der Waals surface area (Å²) in [7, 11) is 0. The predicted molar refractivity (Wildman–Crippen MR) is 66.6 cm³/mol. The summed E-state index contributed by atoms with van der Waals surface area (Å²) >= 11 is 0.128. The van der Waals surface area contributed by atoms with Gasteiger partial charge in [-0.1, -0.05) is 6.07 Å². The molecular weight excluding hydrogens is 509 g/mol. The molecule has 31 heavy (non-hydrogen) atoms. The van der Waals surface area contributed by atoms with Crippen molar-refractivity contribution >= 4 is 17.1 Å². The van der Waals surface area contributed by atoms with Crippen LogP contribution in [-0.4, -0.2) is 48.2 Å². The Balaban J connectivity index is 3.22. The molecule has 0 N–H and O–H groups in total. The van der Waals surface area contributed by atoms with Gasteiger partial charge in [0.25, 0.3) is 5.78 Å². The van der Waals surface area contributed by atoms with Crippen molar-refractivity contribution in [1.82, 2.24) is 0 Å². The highest BCUT2D eigenvalue weighted by atomic mass is 32.1. The Morgan fingerprint density at radius 3 is 1.52 bits per heavy atom. The standard InChI is InChI=1S/C12H3F15O3S/c13-6(14,5(28)4-2-1-3-31-4)29-11(24,25)12(26,27)30-10(22,23)8(17,18)7(15,16)9(19,20)21/h1-3H. The molecular formula is C12H3F15O3S. The smallest absolute Gasteiger partial charge is 0.283 e. The summed E-state index contributed by atoms with van der Waals surface area (Å²) in [6.45, 7) is 0. The van der Waals surface area contributed by atoms with E-state index in [9.17, 15) is 70.7 Å². The maximum Gasteiger partial charge on any atom is 0.460 e. The first-order valence-corrected chi connectivity index (χ1v) is 7.63. The molecule has 3 nitrogen and oxygen atoms in total. The van der Waals surface area contributed by atoms with Gasteiger partial charge in [-0.25, -0.2) is 9.47 Å². The van der Waals surface area contributed by atoms with Gasteiger partial charge in [-0.05, 0) is 11.4 Å². The number of hydrogen-bond donors (Lipinski definition) is 0. The van der Waals surface area contributed by atoms with Crippen LogP contribution in [0.1, 0.15) is 9.67 Å². The van der Waals surface area contributed by atoms with Crippen molar-refractivity contribution in [2.24, 2.45) is 0 Å². The maximum atomic E-state index is 13.4. The van der Waals surface area contributed by atoms with Gasteiger partial charge in [0.15, 0.2) is 0 Å². The molecule has 1 rings (SSSR count). The average Bonchev–Trinajstić information content (AvgIpc) is 3.04. The first-order valence-electron chi connectivity index (χ1n) is 6.75. The number of Topliss-reactive ketones (excluding diaryl/α,β-unsaturated/α-hetero) is 1. The Labute approximate surface area is 163 Å². The number of hydrogen-bond acceptors (Lipinski definition) is 4. The van der Waals surface area contributed by atoms with Crippen LogP contribution in [-0.2, 0) is 9.47 Å². The summed E-state index contributed by atoms with van der Waals surface area (Å²) in [6.07, 6.45) is -35.7. The van der Waals surface area contributed by atoms with E-state index in [1.54, 1.807) is 0 Å². The van der Waals surface area contributed by atoms with Gasteiger partial charge in [0.2, 0.25) is 0 Å². The van der Waals surface area contributed by atoms with E-state index in [2.05, 4.69) is 4.74 Å². The van der Waals surface area contributed by atoms with Crippen LogP contribution in [0.15, 0.2) is 17.5 Å². The van der Waals surface area contributed by atoms with Crippen molar-refractivity contribution in [1.29, 1.82) is 0 Å². The van der Waals surface area contributed by atoms with Crippen LogP contribution in [0.4, 0.5) is 65.9 Å². The molecule has 0 amide bonds. The van der Waals surface area contributed by atoms with Crippen molar-refractivity contribution in [3.8, 4) is 0 Å². The van der Waals surface area contributed by atoms with E-state index in [1.165, 1.54) is 4.74 Å². The van der Waals surface area contributed by atoms with E-state index in [0.29, 0.717) is 6.07 Å². The van der Waals surface area contributed by atoms with Crippen molar-refractivity contribution in [3.63, 3.8) is 0 Å². The summed E-state index contributed by atoms with van der Waals surface area (Å²) in [6, 6.07) is 1.41. The fourth-order valence-electron chi connectivity index (χ4n) is 1.46. The molecule has 0 atom stereocenters. The highest BCUT2D eigenvalue weighted by Crippen LogP contribution is 2.56. The SMILES string of the molecule is O=C(c1cccs1)C(F)(F)OC(F)(F)C(F)(F)OC(F)(F)C(F)(F)C(F)(F)C(F)(F)F. The third-order valence-electron chi connectivity index (χ3n) is 2.98. The fourth-order valence-corrected chi connectivity index (χ4v) is 2.15. The summed E-state index contributed by atoms with van der Waals surface area (Å²) in [5.41, 5.74) is 0. The van der Waals surface area contributed by atoms with Crippen LogP contribution in [0.3, 0.4) is 0 Å². The number of ether oxygens (including phenoxy) is 2. The maximum absolute atomic E-state index is 13.4.